The van der Waals surface area contributed by atoms with Gasteiger partial charge in [0.15, 0.2) is 0 Å². The molecule has 5 heteroatoms. The minimum absolute atomic E-state index is 0.0434. The molecule has 0 radical (unpaired) electrons. The summed E-state index contributed by atoms with van der Waals surface area (Å²) in [5.41, 5.74) is 1.87. The summed E-state index contributed by atoms with van der Waals surface area (Å²) in [6.07, 6.45) is 4.32. The Balaban J connectivity index is 2.64. The number of nitrogens with zero attached hydrogens (tertiary/aromatic N) is 2. The normalized spacial score (nSPS) is 18.4. The summed E-state index contributed by atoms with van der Waals surface area (Å²) in [6.45, 7) is 0. The third-order valence-electron chi connectivity index (χ3n) is 2.35. The lowest BCUT2D eigenvalue weighted by molar-refractivity contribution is -0.122. The van der Waals surface area contributed by atoms with Gasteiger partial charge < -0.3 is 4.90 Å². The lowest BCUT2D eigenvalue weighted by Crippen LogP contribution is -2.38. The predicted octanol–water partition coefficient (Wildman–Crippen LogP) is 0.394. The van der Waals surface area contributed by atoms with E-state index in [1.54, 1.807) is 14.1 Å². The Labute approximate surface area is 83.8 Å². The van der Waals surface area contributed by atoms with Crippen LogP contribution < -0.4 is 5.48 Å². The molecular formula is C9H17N3O2. The number of rotatable bonds is 1. The number of aliphatic imine (C=N–C) groups is 1. The van der Waals surface area contributed by atoms with E-state index >= 15 is 0 Å². The molecule has 0 saturated heterocycles. The van der Waals surface area contributed by atoms with Gasteiger partial charge in [-0.25, -0.2) is 5.48 Å². The van der Waals surface area contributed by atoms with Gasteiger partial charge in [0.05, 0.1) is 6.04 Å². The Morgan fingerprint density at radius 1 is 1.43 bits per heavy atom. The number of likely N-dealkylation sites (N-methyl/N-ethyl adjacent to an activating group) is 1. The quantitative estimate of drug-likeness (QED) is 0.365. The van der Waals surface area contributed by atoms with Gasteiger partial charge in [-0.05, 0) is 12.8 Å². The van der Waals surface area contributed by atoms with E-state index in [4.69, 9.17) is 5.21 Å². The fourth-order valence-electron chi connectivity index (χ4n) is 1.56. The first kappa shape index (κ1) is 11.0. The van der Waals surface area contributed by atoms with Gasteiger partial charge in [-0.3, -0.25) is 15.0 Å². The number of carbonyl (C=O) groups excluding carboxylic acids is 1. The van der Waals surface area contributed by atoms with Crippen LogP contribution >= 0.6 is 0 Å². The molecule has 1 rings (SSSR count). The van der Waals surface area contributed by atoms with Crippen LogP contribution in [0, 0.1) is 0 Å². The molecule has 0 atom stereocenters. The smallest absolute Gasteiger partial charge is 0.290 e. The van der Waals surface area contributed by atoms with Crippen LogP contribution in [0.3, 0.4) is 0 Å². The molecule has 0 aliphatic heterocycles. The predicted molar refractivity (Wildman–Crippen MR) is 53.3 cm³/mol. The lowest BCUT2D eigenvalue weighted by atomic mass is 10.3. The zero-order valence-corrected chi connectivity index (χ0v) is 8.66. The van der Waals surface area contributed by atoms with E-state index in [2.05, 4.69) is 4.99 Å². The topological polar surface area (TPSA) is 64.9 Å². The van der Waals surface area contributed by atoms with Crippen LogP contribution in [0.1, 0.15) is 25.7 Å². The average Bonchev–Trinajstić information content (AvgIpc) is 2.65. The average molecular weight is 199 g/mol. The van der Waals surface area contributed by atoms with E-state index in [-0.39, 0.29) is 17.8 Å². The highest BCUT2D eigenvalue weighted by molar-refractivity contribution is 6.37. The molecule has 5 nitrogen and oxygen atoms in total. The number of hydrogen-bond acceptors (Lipinski definition) is 3. The first-order chi connectivity index (χ1) is 6.65. The Morgan fingerprint density at radius 3 is 2.43 bits per heavy atom. The largest absolute Gasteiger partial charge is 0.342 e. The number of carbonyl (C=O) groups is 1. The molecule has 1 aliphatic carbocycles. The van der Waals surface area contributed by atoms with Gasteiger partial charge in [-0.2, -0.15) is 0 Å². The van der Waals surface area contributed by atoms with Crippen molar-refractivity contribution in [3.63, 3.8) is 0 Å². The summed E-state index contributed by atoms with van der Waals surface area (Å²) in [6, 6.07) is 0.188. The SMILES string of the molecule is CN(C)C(=O)C(=NC1CCCC1)NO. The van der Waals surface area contributed by atoms with Crippen LogP contribution in [0.4, 0.5) is 0 Å². The molecule has 0 aromatic carbocycles. The summed E-state index contributed by atoms with van der Waals surface area (Å²) < 4.78 is 0. The number of amidine groups is 1. The summed E-state index contributed by atoms with van der Waals surface area (Å²) >= 11 is 0. The zero-order valence-electron chi connectivity index (χ0n) is 8.66. The van der Waals surface area contributed by atoms with Gasteiger partial charge in [-0.15, -0.1) is 0 Å². The molecule has 0 heterocycles. The van der Waals surface area contributed by atoms with E-state index in [0.717, 1.165) is 25.7 Å². The van der Waals surface area contributed by atoms with Crippen LogP contribution in [0.5, 0.6) is 0 Å². The number of hydrogen-bond donors (Lipinski definition) is 2. The molecule has 1 fully saturated rings. The highest BCUT2D eigenvalue weighted by Crippen LogP contribution is 2.20. The van der Waals surface area contributed by atoms with Gasteiger partial charge >= 0.3 is 0 Å². The number of nitrogens with one attached hydrogen (secondary N) is 1. The zero-order chi connectivity index (χ0) is 10.6. The van der Waals surface area contributed by atoms with Crippen LogP contribution in [-0.2, 0) is 4.79 Å². The van der Waals surface area contributed by atoms with E-state index < -0.39 is 0 Å². The van der Waals surface area contributed by atoms with Crippen LogP contribution in [-0.4, -0.2) is 42.0 Å². The third kappa shape index (κ3) is 2.70. The summed E-state index contributed by atoms with van der Waals surface area (Å²) in [4.78, 5) is 17.0. The minimum atomic E-state index is -0.292. The van der Waals surface area contributed by atoms with Crippen molar-refractivity contribution in [3.05, 3.63) is 0 Å². The maximum absolute atomic E-state index is 11.4. The molecule has 80 valence electrons. The molecule has 0 unspecified atom stereocenters. The Morgan fingerprint density at radius 2 is 2.00 bits per heavy atom. The maximum atomic E-state index is 11.4. The van der Waals surface area contributed by atoms with Crippen LogP contribution in [0.15, 0.2) is 4.99 Å². The molecule has 2 N–H and O–H groups in total. The second-order valence-electron chi connectivity index (χ2n) is 3.73. The molecule has 1 amide bonds. The lowest BCUT2D eigenvalue weighted by Gasteiger charge is -2.12. The molecule has 14 heavy (non-hydrogen) atoms. The number of hydroxylamine groups is 1. The van der Waals surface area contributed by atoms with Crippen molar-refractivity contribution >= 4 is 11.7 Å². The molecule has 1 aliphatic rings. The van der Waals surface area contributed by atoms with Crippen molar-refractivity contribution in [2.45, 2.75) is 31.7 Å². The first-order valence-corrected chi connectivity index (χ1v) is 4.84. The minimum Gasteiger partial charge on any atom is -0.342 e. The first-order valence-electron chi connectivity index (χ1n) is 4.84. The van der Waals surface area contributed by atoms with E-state index in [1.807, 2.05) is 5.48 Å². The van der Waals surface area contributed by atoms with Crippen molar-refractivity contribution in [2.24, 2.45) is 4.99 Å². The molecule has 0 aromatic rings. The number of amides is 1. The maximum Gasteiger partial charge on any atom is 0.290 e. The Bertz CT molecular complexity index is 232. The van der Waals surface area contributed by atoms with Crippen LogP contribution in [0.2, 0.25) is 0 Å². The van der Waals surface area contributed by atoms with Crippen molar-refractivity contribution in [2.75, 3.05) is 14.1 Å². The highest BCUT2D eigenvalue weighted by atomic mass is 16.5. The second kappa shape index (κ2) is 4.95. The van der Waals surface area contributed by atoms with E-state index in [9.17, 15) is 4.79 Å². The Kier molecular flexibility index (Phi) is 3.88. The van der Waals surface area contributed by atoms with Gasteiger partial charge in [0.2, 0.25) is 5.84 Å². The summed E-state index contributed by atoms with van der Waals surface area (Å²) in [5, 5.41) is 8.78. The second-order valence-corrected chi connectivity index (χ2v) is 3.73. The van der Waals surface area contributed by atoms with Crippen molar-refractivity contribution < 1.29 is 10.0 Å². The molecule has 0 bridgehead atoms. The molecule has 1 saturated carbocycles. The van der Waals surface area contributed by atoms with Crippen molar-refractivity contribution in [1.82, 2.24) is 10.4 Å². The summed E-state index contributed by atoms with van der Waals surface area (Å²) in [7, 11) is 3.26. The molecule has 0 spiro atoms. The fourth-order valence-corrected chi connectivity index (χ4v) is 1.56. The standard InChI is InChI=1S/C9H17N3O2/c1-12(2)9(13)8(11-14)10-7-5-3-4-6-7/h7,14H,3-6H2,1-2H3,(H,10,11). The summed E-state index contributed by atoms with van der Waals surface area (Å²) in [5.74, 6) is -0.249. The van der Waals surface area contributed by atoms with Crippen molar-refractivity contribution in [3.8, 4) is 0 Å². The van der Waals surface area contributed by atoms with Crippen molar-refractivity contribution in [1.29, 1.82) is 0 Å². The van der Waals surface area contributed by atoms with Gasteiger partial charge in [0.1, 0.15) is 0 Å². The highest BCUT2D eigenvalue weighted by Gasteiger charge is 2.18. The molecular weight excluding hydrogens is 182 g/mol. The van der Waals surface area contributed by atoms with Gasteiger partial charge in [0, 0.05) is 14.1 Å². The van der Waals surface area contributed by atoms with E-state index in [1.165, 1.54) is 4.90 Å². The fraction of sp³-hybridized carbons (Fsp3) is 0.778. The monoisotopic (exact) mass is 199 g/mol. The van der Waals surface area contributed by atoms with Crippen LogP contribution in [0.25, 0.3) is 0 Å². The Hall–Kier alpha value is -1.10. The van der Waals surface area contributed by atoms with Gasteiger partial charge in [0.25, 0.3) is 5.91 Å². The van der Waals surface area contributed by atoms with Gasteiger partial charge in [-0.1, -0.05) is 12.8 Å². The third-order valence-corrected chi connectivity index (χ3v) is 2.35. The molecule has 0 aromatic heterocycles. The van der Waals surface area contributed by atoms with E-state index in [0.29, 0.717) is 0 Å².